The van der Waals surface area contributed by atoms with Gasteiger partial charge in [0.25, 0.3) is 0 Å². The molecule has 1 rings (SSSR count). The molecule has 0 aliphatic rings. The Morgan fingerprint density at radius 2 is 2.17 bits per heavy atom. The highest BCUT2D eigenvalue weighted by Gasteiger charge is 2.10. The molecule has 1 aromatic carbocycles. The maximum atomic E-state index is 11.2. The van der Waals surface area contributed by atoms with Gasteiger partial charge in [0, 0.05) is 23.8 Å². The van der Waals surface area contributed by atoms with Gasteiger partial charge in [0.05, 0.1) is 11.5 Å². The Morgan fingerprint density at radius 3 is 2.67 bits per heavy atom. The highest BCUT2D eigenvalue weighted by molar-refractivity contribution is 9.10. The van der Waals surface area contributed by atoms with E-state index in [1.807, 2.05) is 0 Å². The smallest absolute Gasteiger partial charge is 0.238 e. The molecule has 0 spiro atoms. The monoisotopic (exact) mass is 336 g/mol. The Balaban J connectivity index is 2.75. The maximum Gasteiger partial charge on any atom is 0.238 e. The zero-order valence-electron chi connectivity index (χ0n) is 10.3. The van der Waals surface area contributed by atoms with Crippen LogP contribution in [-0.2, 0) is 14.8 Å². The number of primary sulfonamides is 1. The minimum Gasteiger partial charge on any atom is -0.384 e. The third-order valence-electron chi connectivity index (χ3n) is 2.36. The number of hydrogen-bond acceptors (Lipinski definition) is 4. The lowest BCUT2D eigenvalue weighted by molar-refractivity contribution is 0.164. The summed E-state index contributed by atoms with van der Waals surface area (Å²) in [5.74, 6) is 0.361. The lowest BCUT2D eigenvalue weighted by atomic mass is 10.2. The van der Waals surface area contributed by atoms with Crippen LogP contribution in [0.1, 0.15) is 6.92 Å². The molecule has 1 atom stereocenters. The number of methoxy groups -OCH3 is 1. The van der Waals surface area contributed by atoms with E-state index in [0.717, 1.165) is 12.2 Å². The van der Waals surface area contributed by atoms with E-state index in [4.69, 9.17) is 9.88 Å². The van der Waals surface area contributed by atoms with Gasteiger partial charge in [-0.25, -0.2) is 13.6 Å². The van der Waals surface area contributed by atoms with E-state index in [9.17, 15) is 8.42 Å². The average Bonchev–Trinajstić information content (AvgIpc) is 2.26. The predicted molar refractivity (Wildman–Crippen MR) is 75.0 cm³/mol. The fourth-order valence-corrected chi connectivity index (χ4v) is 2.65. The molecule has 0 aliphatic heterocycles. The summed E-state index contributed by atoms with van der Waals surface area (Å²) in [6, 6.07) is 4.64. The second kappa shape index (κ2) is 6.51. The zero-order valence-corrected chi connectivity index (χ0v) is 12.7. The van der Waals surface area contributed by atoms with Gasteiger partial charge in [-0.05, 0) is 40.0 Å². The summed E-state index contributed by atoms with van der Waals surface area (Å²) in [4.78, 5) is 0.0878. The van der Waals surface area contributed by atoms with Gasteiger partial charge in [-0.15, -0.1) is 0 Å². The Morgan fingerprint density at radius 1 is 1.50 bits per heavy atom. The zero-order chi connectivity index (χ0) is 13.8. The van der Waals surface area contributed by atoms with Crippen LogP contribution >= 0.6 is 15.9 Å². The minimum absolute atomic E-state index is 0.0878. The van der Waals surface area contributed by atoms with Crippen LogP contribution in [0.2, 0.25) is 0 Å². The van der Waals surface area contributed by atoms with Crippen molar-refractivity contribution in [3.8, 4) is 0 Å². The first-order valence-corrected chi connectivity index (χ1v) is 7.73. The van der Waals surface area contributed by atoms with Crippen LogP contribution in [0.5, 0.6) is 0 Å². The Labute approximate surface area is 116 Å². The van der Waals surface area contributed by atoms with E-state index in [1.165, 1.54) is 12.1 Å². The number of halogens is 1. The van der Waals surface area contributed by atoms with Gasteiger partial charge in [0.15, 0.2) is 0 Å². The first-order valence-electron chi connectivity index (χ1n) is 5.39. The molecule has 5 nitrogen and oxygen atoms in total. The highest BCUT2D eigenvalue weighted by atomic mass is 79.9. The second-order valence-electron chi connectivity index (χ2n) is 4.13. The van der Waals surface area contributed by atoms with Crippen molar-refractivity contribution in [2.45, 2.75) is 11.8 Å². The molecule has 0 radical (unpaired) electrons. The van der Waals surface area contributed by atoms with Crippen LogP contribution < -0.4 is 10.5 Å². The van der Waals surface area contributed by atoms with E-state index in [0.29, 0.717) is 17.0 Å². The van der Waals surface area contributed by atoms with Gasteiger partial charge >= 0.3 is 0 Å². The van der Waals surface area contributed by atoms with Gasteiger partial charge in [0.2, 0.25) is 10.0 Å². The quantitative estimate of drug-likeness (QED) is 0.829. The third kappa shape index (κ3) is 4.56. The average molecular weight is 337 g/mol. The van der Waals surface area contributed by atoms with Crippen molar-refractivity contribution >= 4 is 31.6 Å². The predicted octanol–water partition coefficient (Wildman–Crippen LogP) is 1.79. The molecule has 0 bridgehead atoms. The van der Waals surface area contributed by atoms with Gasteiger partial charge in [-0.2, -0.15) is 0 Å². The van der Waals surface area contributed by atoms with Crippen molar-refractivity contribution in [2.75, 3.05) is 25.6 Å². The topological polar surface area (TPSA) is 81.4 Å². The third-order valence-corrected chi connectivity index (χ3v) is 3.93. The van der Waals surface area contributed by atoms with Crippen molar-refractivity contribution in [1.82, 2.24) is 0 Å². The summed E-state index contributed by atoms with van der Waals surface area (Å²) in [7, 11) is -2.00. The number of benzene rings is 1. The van der Waals surface area contributed by atoms with Crippen LogP contribution in [0, 0.1) is 5.92 Å². The standard InChI is InChI=1S/C11H17BrN2O3S/c1-8(7-17-2)6-14-11-4-3-9(5-10(11)12)18(13,15)16/h3-5,8,14H,6-7H2,1-2H3,(H2,13,15,16). The first-order chi connectivity index (χ1) is 8.34. The van der Waals surface area contributed by atoms with Gasteiger partial charge in [0.1, 0.15) is 0 Å². The molecular formula is C11H17BrN2O3S. The molecule has 1 aromatic rings. The van der Waals surface area contributed by atoms with Crippen molar-refractivity contribution in [3.05, 3.63) is 22.7 Å². The Hall–Kier alpha value is -0.630. The summed E-state index contributed by atoms with van der Waals surface area (Å²) in [6.45, 7) is 3.46. The molecule has 1 unspecified atom stereocenters. The summed E-state index contributed by atoms with van der Waals surface area (Å²) in [6.07, 6.45) is 0. The van der Waals surface area contributed by atoms with Crippen LogP contribution in [0.15, 0.2) is 27.6 Å². The van der Waals surface area contributed by atoms with E-state index in [-0.39, 0.29) is 4.90 Å². The van der Waals surface area contributed by atoms with E-state index < -0.39 is 10.0 Å². The number of rotatable bonds is 6. The number of hydrogen-bond donors (Lipinski definition) is 2. The molecule has 18 heavy (non-hydrogen) atoms. The van der Waals surface area contributed by atoms with Crippen molar-refractivity contribution < 1.29 is 13.2 Å². The Kier molecular flexibility index (Phi) is 5.58. The van der Waals surface area contributed by atoms with Gasteiger partial charge in [-0.3, -0.25) is 0 Å². The minimum atomic E-state index is -3.66. The van der Waals surface area contributed by atoms with Crippen molar-refractivity contribution in [1.29, 1.82) is 0 Å². The van der Waals surface area contributed by atoms with E-state index >= 15 is 0 Å². The molecule has 0 aliphatic carbocycles. The molecule has 0 heterocycles. The van der Waals surface area contributed by atoms with E-state index in [1.54, 1.807) is 13.2 Å². The Bertz CT molecular complexity index is 505. The molecular weight excluding hydrogens is 320 g/mol. The summed E-state index contributed by atoms with van der Waals surface area (Å²) < 4.78 is 28.0. The molecule has 102 valence electrons. The van der Waals surface area contributed by atoms with Gasteiger partial charge < -0.3 is 10.1 Å². The highest BCUT2D eigenvalue weighted by Crippen LogP contribution is 2.25. The fraction of sp³-hybridized carbons (Fsp3) is 0.455. The SMILES string of the molecule is COCC(C)CNc1ccc(S(N)(=O)=O)cc1Br. The molecule has 0 amide bonds. The van der Waals surface area contributed by atoms with E-state index in [2.05, 4.69) is 28.2 Å². The van der Waals surface area contributed by atoms with Crippen LogP contribution in [0.3, 0.4) is 0 Å². The van der Waals surface area contributed by atoms with Crippen LogP contribution in [0.25, 0.3) is 0 Å². The molecule has 7 heteroatoms. The summed E-state index contributed by atoms with van der Waals surface area (Å²) >= 11 is 3.31. The first kappa shape index (κ1) is 15.4. The number of ether oxygens (including phenoxy) is 1. The number of anilines is 1. The second-order valence-corrected chi connectivity index (χ2v) is 6.54. The van der Waals surface area contributed by atoms with Crippen LogP contribution in [0.4, 0.5) is 5.69 Å². The summed E-state index contributed by atoms with van der Waals surface area (Å²) in [5.41, 5.74) is 0.824. The number of nitrogens with two attached hydrogens (primary N) is 1. The molecule has 0 saturated heterocycles. The summed E-state index contributed by atoms with van der Waals surface area (Å²) in [5, 5.41) is 8.27. The molecule has 0 saturated carbocycles. The van der Waals surface area contributed by atoms with Gasteiger partial charge in [-0.1, -0.05) is 6.92 Å². The fourth-order valence-electron chi connectivity index (χ4n) is 1.44. The number of sulfonamides is 1. The van der Waals surface area contributed by atoms with Crippen LogP contribution in [-0.4, -0.2) is 28.7 Å². The largest absolute Gasteiger partial charge is 0.384 e. The lowest BCUT2D eigenvalue weighted by Crippen LogP contribution is -2.16. The molecule has 3 N–H and O–H groups in total. The molecule has 0 aromatic heterocycles. The van der Waals surface area contributed by atoms with Crippen molar-refractivity contribution in [2.24, 2.45) is 11.1 Å². The molecule has 0 fully saturated rings. The lowest BCUT2D eigenvalue weighted by Gasteiger charge is -2.14. The maximum absolute atomic E-state index is 11.2. The number of nitrogens with one attached hydrogen (secondary N) is 1. The van der Waals surface area contributed by atoms with Crippen molar-refractivity contribution in [3.63, 3.8) is 0 Å². The normalized spacial score (nSPS) is 13.3.